The number of imidazole rings is 1. The Hall–Kier alpha value is -7.58. The summed E-state index contributed by atoms with van der Waals surface area (Å²) in [6, 6.07) is 7.09. The van der Waals surface area contributed by atoms with Crippen LogP contribution in [-0.2, 0) is 49.5 Å². The van der Waals surface area contributed by atoms with Crippen LogP contribution in [0.5, 0.6) is 0 Å². The topological polar surface area (TPSA) is 300 Å². The van der Waals surface area contributed by atoms with Gasteiger partial charge in [0.05, 0.1) is 18.1 Å². The SMILES string of the molecule is CCC(C)[C@H](NC(=O)[C@H](CC(C)C)NC(=O)[C@H](CC/C=C/C(=O)OC)NC(=O)c1nc2ccccc2[nH]1)C(=O)N[C@@H](CC(C)C)C(=O)N1CCC[C@H]1C(=O)N[C@@H](Cc1c[nH]c2ccccc12)C(=O)N1CCC[C@H]1C(N)=O. The van der Waals surface area contributed by atoms with Crippen molar-refractivity contribution in [1.82, 2.24) is 51.3 Å². The molecule has 9 N–H and O–H groups in total. The number of fused-ring (bicyclic) bond motifs is 2. The maximum atomic E-state index is 14.7. The highest BCUT2D eigenvalue weighted by Crippen LogP contribution is 2.26. The van der Waals surface area contributed by atoms with Crippen LogP contribution in [-0.4, -0.2) is 140 Å². The number of ether oxygens (including phenoxy) is 1. The molecule has 2 aromatic carbocycles. The molecule has 6 rings (SSSR count). The number of likely N-dealkylation sites (tertiary alicyclic amines) is 2. The molecular weight excluding hydrogens is 975 g/mol. The number of nitrogens with zero attached hydrogens (tertiary/aromatic N) is 3. The average Bonchev–Trinajstić information content (AvgIpc) is 4.24. The second-order valence-corrected chi connectivity index (χ2v) is 20.8. The number of amides is 8. The number of methoxy groups -OCH3 is 1. The van der Waals surface area contributed by atoms with E-state index in [1.807, 2.05) is 58.9 Å². The number of aromatic amines is 2. The summed E-state index contributed by atoms with van der Waals surface area (Å²) in [6.07, 6.45) is 7.36. The second-order valence-electron chi connectivity index (χ2n) is 20.8. The summed E-state index contributed by atoms with van der Waals surface area (Å²) < 4.78 is 4.68. The molecule has 8 amide bonds. The van der Waals surface area contributed by atoms with Gasteiger partial charge in [0, 0.05) is 42.7 Å². The summed E-state index contributed by atoms with van der Waals surface area (Å²) >= 11 is 0. The number of allylic oxidation sites excluding steroid dienone is 1. The summed E-state index contributed by atoms with van der Waals surface area (Å²) in [6.45, 7) is 11.7. The Balaban J connectivity index is 1.18. The Labute approximate surface area is 443 Å². The van der Waals surface area contributed by atoms with Crippen molar-refractivity contribution in [1.29, 1.82) is 0 Å². The Morgan fingerprint density at radius 1 is 0.737 bits per heavy atom. The lowest BCUT2D eigenvalue weighted by atomic mass is 9.95. The molecule has 2 aliphatic rings. The number of primary amides is 1. The van der Waals surface area contributed by atoms with Crippen LogP contribution in [0.1, 0.15) is 116 Å². The van der Waals surface area contributed by atoms with E-state index in [1.54, 1.807) is 37.4 Å². The van der Waals surface area contributed by atoms with Crippen LogP contribution in [0.2, 0.25) is 0 Å². The maximum Gasteiger partial charge on any atom is 0.330 e. The molecule has 410 valence electrons. The summed E-state index contributed by atoms with van der Waals surface area (Å²) in [5.74, 6) is -6.08. The molecule has 8 atom stereocenters. The summed E-state index contributed by atoms with van der Waals surface area (Å²) in [5, 5.41) is 15.1. The molecule has 4 heterocycles. The number of carbonyl (C=O) groups excluding carboxylic acids is 9. The van der Waals surface area contributed by atoms with Crippen LogP contribution in [0.25, 0.3) is 21.9 Å². The highest BCUT2D eigenvalue weighted by molar-refractivity contribution is 6.00. The van der Waals surface area contributed by atoms with Crippen LogP contribution < -0.4 is 32.3 Å². The van der Waals surface area contributed by atoms with Crippen molar-refractivity contribution in [2.75, 3.05) is 20.2 Å². The molecule has 76 heavy (non-hydrogen) atoms. The van der Waals surface area contributed by atoms with E-state index < -0.39 is 101 Å². The predicted molar refractivity (Wildman–Crippen MR) is 284 cm³/mol. The third-order valence-electron chi connectivity index (χ3n) is 14.2. The van der Waals surface area contributed by atoms with Crippen LogP contribution in [0.15, 0.2) is 66.9 Å². The molecule has 0 spiro atoms. The Morgan fingerprint density at radius 2 is 1.34 bits per heavy atom. The largest absolute Gasteiger partial charge is 0.466 e. The quantitative estimate of drug-likeness (QED) is 0.0351. The molecule has 1 unspecified atom stereocenters. The Kier molecular flexibility index (Phi) is 20.3. The van der Waals surface area contributed by atoms with Crippen LogP contribution in [0, 0.1) is 17.8 Å². The van der Waals surface area contributed by atoms with Gasteiger partial charge in [-0.25, -0.2) is 9.78 Å². The minimum absolute atomic E-state index is 0.0304. The molecule has 21 nitrogen and oxygen atoms in total. The van der Waals surface area contributed by atoms with Crippen molar-refractivity contribution >= 4 is 75.2 Å². The van der Waals surface area contributed by atoms with Gasteiger partial charge in [0.15, 0.2) is 5.82 Å². The highest BCUT2D eigenvalue weighted by atomic mass is 16.5. The van der Waals surface area contributed by atoms with E-state index in [9.17, 15) is 43.2 Å². The minimum Gasteiger partial charge on any atom is -0.466 e. The summed E-state index contributed by atoms with van der Waals surface area (Å²) in [5.41, 5.74) is 8.50. The molecule has 0 bridgehead atoms. The number of hydrogen-bond acceptors (Lipinski definition) is 11. The molecule has 4 aromatic rings. The number of aromatic nitrogens is 3. The van der Waals surface area contributed by atoms with Gasteiger partial charge in [-0.1, -0.05) is 84.4 Å². The maximum absolute atomic E-state index is 14.7. The fourth-order valence-corrected chi connectivity index (χ4v) is 9.97. The first kappa shape index (κ1) is 57.7. The number of benzene rings is 2. The van der Waals surface area contributed by atoms with E-state index >= 15 is 0 Å². The van der Waals surface area contributed by atoms with Crippen molar-refractivity contribution in [3.05, 3.63) is 78.3 Å². The minimum atomic E-state index is -1.19. The second kappa shape index (κ2) is 26.8. The van der Waals surface area contributed by atoms with Gasteiger partial charge in [0.1, 0.15) is 42.3 Å². The smallest absolute Gasteiger partial charge is 0.330 e. The molecule has 0 aliphatic carbocycles. The van der Waals surface area contributed by atoms with Crippen molar-refractivity contribution in [2.45, 2.75) is 148 Å². The lowest BCUT2D eigenvalue weighted by Crippen LogP contribution is -2.61. The standard InChI is InChI=1S/C55H75N11O10/c1-8-33(6)46(64-50(70)40(27-31(2)3)61-49(69)39(21-13-14-24-45(67)76-7)60-53(73)48-58-37-19-11-12-20-38(37)59-48)52(72)63-41(28-32(4)5)54(74)66-26-16-23-44(66)51(71)62-42(55(75)65-25-15-22-43(65)47(56)68)29-34-30-57-36-18-10-9-17-35(34)36/h9-12,14,17-20,24,30-33,39-44,46,57H,8,13,15-16,21-23,25-29H2,1-7H3,(H2,56,68)(H,58,59)(H,60,73)(H,61,69)(H,62,71)(H,63,72)(H,64,70)/b24-14+/t33?,39-,40-,41-,42-,43-,44-,46-/m0/s1. The van der Waals surface area contributed by atoms with Gasteiger partial charge in [0.2, 0.25) is 41.4 Å². The lowest BCUT2D eigenvalue weighted by Gasteiger charge is -2.33. The third-order valence-corrected chi connectivity index (χ3v) is 14.2. The normalized spacial score (nSPS) is 18.0. The number of hydrogen-bond donors (Lipinski definition) is 8. The van der Waals surface area contributed by atoms with Crippen molar-refractivity contribution in [3.8, 4) is 0 Å². The molecular formula is C55H75N11O10. The van der Waals surface area contributed by atoms with Crippen LogP contribution >= 0.6 is 0 Å². The van der Waals surface area contributed by atoms with Gasteiger partial charge < -0.3 is 56.8 Å². The van der Waals surface area contributed by atoms with E-state index in [0.717, 1.165) is 16.5 Å². The number of rotatable bonds is 25. The zero-order valence-electron chi connectivity index (χ0n) is 44.6. The number of H-pyrrole nitrogens is 2. The van der Waals surface area contributed by atoms with Gasteiger partial charge in [-0.2, -0.15) is 0 Å². The molecule has 2 aromatic heterocycles. The first-order chi connectivity index (χ1) is 36.3. The lowest BCUT2D eigenvalue weighted by molar-refractivity contribution is -0.144. The number of carbonyl (C=O) groups is 9. The number of nitrogens with two attached hydrogens (primary N) is 1. The van der Waals surface area contributed by atoms with Crippen molar-refractivity contribution in [2.24, 2.45) is 23.5 Å². The molecule has 2 fully saturated rings. The first-order valence-electron chi connectivity index (χ1n) is 26.5. The van der Waals surface area contributed by atoms with E-state index in [-0.39, 0.29) is 56.3 Å². The van der Waals surface area contributed by atoms with E-state index in [0.29, 0.717) is 49.7 Å². The predicted octanol–water partition coefficient (Wildman–Crippen LogP) is 3.44. The fourth-order valence-electron chi connectivity index (χ4n) is 9.97. The van der Waals surface area contributed by atoms with Crippen molar-refractivity contribution in [3.63, 3.8) is 0 Å². The number of para-hydroxylation sites is 3. The summed E-state index contributed by atoms with van der Waals surface area (Å²) in [7, 11) is 1.23. The van der Waals surface area contributed by atoms with Crippen molar-refractivity contribution < 1.29 is 47.9 Å². The average molecular weight is 1050 g/mol. The van der Waals surface area contributed by atoms with E-state index in [1.165, 1.54) is 29.1 Å². The number of nitrogens with one attached hydrogen (secondary N) is 7. The first-order valence-corrected chi connectivity index (χ1v) is 26.5. The van der Waals surface area contributed by atoms with E-state index in [2.05, 4.69) is 46.3 Å². The Morgan fingerprint density at radius 3 is 2.00 bits per heavy atom. The van der Waals surface area contributed by atoms with Gasteiger partial charge in [-0.15, -0.1) is 0 Å². The number of esters is 1. The highest BCUT2D eigenvalue weighted by Gasteiger charge is 2.42. The monoisotopic (exact) mass is 1050 g/mol. The van der Waals surface area contributed by atoms with Gasteiger partial charge in [0.25, 0.3) is 5.91 Å². The molecule has 2 aliphatic heterocycles. The zero-order valence-corrected chi connectivity index (χ0v) is 44.6. The molecule has 21 heteroatoms. The van der Waals surface area contributed by atoms with Gasteiger partial charge in [-0.3, -0.25) is 38.4 Å². The van der Waals surface area contributed by atoms with Gasteiger partial charge in [-0.05, 0) is 92.9 Å². The van der Waals surface area contributed by atoms with E-state index in [4.69, 9.17) is 5.73 Å². The van der Waals surface area contributed by atoms with Gasteiger partial charge >= 0.3 is 5.97 Å². The zero-order chi connectivity index (χ0) is 55.2. The Bertz CT molecular complexity index is 2730. The molecule has 0 radical (unpaired) electrons. The molecule has 0 saturated carbocycles. The fraction of sp³-hybridized carbons (Fsp3) is 0.527. The molecule has 2 saturated heterocycles. The van der Waals surface area contributed by atoms with Crippen LogP contribution in [0.3, 0.4) is 0 Å². The van der Waals surface area contributed by atoms with Crippen LogP contribution in [0.4, 0.5) is 0 Å². The summed E-state index contributed by atoms with van der Waals surface area (Å²) in [4.78, 5) is 138. The third kappa shape index (κ3) is 14.8.